The summed E-state index contributed by atoms with van der Waals surface area (Å²) in [5.41, 5.74) is 8.75. The molecule has 2 aliphatic heterocycles. The quantitative estimate of drug-likeness (QED) is 0.734. The van der Waals surface area contributed by atoms with E-state index in [-0.39, 0.29) is 0 Å². The maximum absolute atomic E-state index is 2.47. The molecule has 1 nitrogen and oxygen atoms in total. The van der Waals surface area contributed by atoms with E-state index in [0.717, 1.165) is 6.54 Å². The fourth-order valence-corrected chi connectivity index (χ4v) is 5.33. The van der Waals surface area contributed by atoms with E-state index in [1.165, 1.54) is 45.7 Å². The number of fused-ring (bicyclic) bond motifs is 2. The normalized spacial score (nSPS) is 21.1. The molecule has 1 atom stereocenters. The van der Waals surface area contributed by atoms with Crippen molar-refractivity contribution in [2.75, 3.05) is 20.1 Å². The van der Waals surface area contributed by atoms with Gasteiger partial charge in [0.1, 0.15) is 0 Å². The minimum Gasteiger partial charge on any atom is -0.305 e. The van der Waals surface area contributed by atoms with Crippen molar-refractivity contribution < 1.29 is 0 Å². The summed E-state index contributed by atoms with van der Waals surface area (Å²) in [6.45, 7) is 6.76. The number of thioether (sulfide) groups is 1. The summed E-state index contributed by atoms with van der Waals surface area (Å²) >= 11 is 2.05. The maximum atomic E-state index is 2.47. The van der Waals surface area contributed by atoms with Crippen LogP contribution in [-0.2, 0) is 0 Å². The first-order valence-corrected chi connectivity index (χ1v) is 9.27. The van der Waals surface area contributed by atoms with E-state index in [0.29, 0.717) is 5.25 Å². The first-order chi connectivity index (χ1) is 11.1. The fraction of sp³-hybridized carbons (Fsp3) is 0.333. The molecule has 4 rings (SSSR count). The number of nitrogens with zero attached hydrogens (tertiary/aromatic N) is 1. The van der Waals surface area contributed by atoms with Crippen LogP contribution in [-0.4, -0.2) is 30.3 Å². The highest BCUT2D eigenvalue weighted by Crippen LogP contribution is 2.47. The highest BCUT2D eigenvalue weighted by molar-refractivity contribution is 8.00. The van der Waals surface area contributed by atoms with Gasteiger partial charge in [0.25, 0.3) is 0 Å². The molecule has 2 aliphatic rings. The lowest BCUT2D eigenvalue weighted by Gasteiger charge is -2.37. The Morgan fingerprint density at radius 3 is 2.70 bits per heavy atom. The Morgan fingerprint density at radius 1 is 1.04 bits per heavy atom. The summed E-state index contributed by atoms with van der Waals surface area (Å²) in [5, 5.41) is 0.597. The van der Waals surface area contributed by atoms with Gasteiger partial charge in [-0.1, -0.05) is 42.0 Å². The molecule has 23 heavy (non-hydrogen) atoms. The Kier molecular flexibility index (Phi) is 3.82. The predicted octanol–water partition coefficient (Wildman–Crippen LogP) is 4.92. The second-order valence-corrected chi connectivity index (χ2v) is 8.08. The van der Waals surface area contributed by atoms with Gasteiger partial charge in [0.2, 0.25) is 0 Å². The summed E-state index contributed by atoms with van der Waals surface area (Å²) in [4.78, 5) is 3.90. The molecule has 0 aliphatic carbocycles. The van der Waals surface area contributed by atoms with Gasteiger partial charge in [-0.3, -0.25) is 0 Å². The van der Waals surface area contributed by atoms with Gasteiger partial charge < -0.3 is 4.90 Å². The van der Waals surface area contributed by atoms with Crippen molar-refractivity contribution in [3.8, 4) is 0 Å². The smallest absolute Gasteiger partial charge is 0.0441 e. The molecule has 0 spiro atoms. The molecule has 2 aromatic rings. The van der Waals surface area contributed by atoms with Gasteiger partial charge in [-0.2, -0.15) is 0 Å². The van der Waals surface area contributed by atoms with Crippen LogP contribution in [0.3, 0.4) is 0 Å². The van der Waals surface area contributed by atoms with Crippen molar-refractivity contribution in [1.29, 1.82) is 0 Å². The minimum absolute atomic E-state index is 0.597. The van der Waals surface area contributed by atoms with Crippen LogP contribution in [0, 0.1) is 13.8 Å². The van der Waals surface area contributed by atoms with Gasteiger partial charge in [-0.05, 0) is 61.2 Å². The standard InChI is InChI=1S/C21H23NS/c1-14-8-9-16(15(2)12-14)21-17-6-4-5-7-19(17)23-20-13-22(3)11-10-18(20)21/h4-9,12,20H,10-11,13H2,1-3H3. The lowest BCUT2D eigenvalue weighted by Crippen LogP contribution is -2.37. The molecular formula is C21H23NS. The average Bonchev–Trinajstić information content (AvgIpc) is 2.53. The van der Waals surface area contributed by atoms with Crippen LogP contribution in [0.4, 0.5) is 0 Å². The van der Waals surface area contributed by atoms with Crippen molar-refractivity contribution in [1.82, 2.24) is 4.90 Å². The van der Waals surface area contributed by atoms with Gasteiger partial charge in [0.05, 0.1) is 0 Å². The summed E-state index contributed by atoms with van der Waals surface area (Å²) in [7, 11) is 2.24. The van der Waals surface area contributed by atoms with Crippen LogP contribution < -0.4 is 0 Å². The van der Waals surface area contributed by atoms with Crippen molar-refractivity contribution in [2.24, 2.45) is 0 Å². The number of piperidine rings is 1. The largest absolute Gasteiger partial charge is 0.305 e. The third-order valence-electron chi connectivity index (χ3n) is 5.03. The van der Waals surface area contributed by atoms with E-state index in [9.17, 15) is 0 Å². The molecule has 0 radical (unpaired) electrons. The van der Waals surface area contributed by atoms with Crippen molar-refractivity contribution in [2.45, 2.75) is 30.4 Å². The number of aryl methyl sites for hydroxylation is 2. The van der Waals surface area contributed by atoms with Crippen LogP contribution in [0.5, 0.6) is 0 Å². The Morgan fingerprint density at radius 2 is 1.87 bits per heavy atom. The number of rotatable bonds is 1. The lowest BCUT2D eigenvalue weighted by atomic mass is 9.85. The second-order valence-electron chi connectivity index (χ2n) is 6.83. The summed E-state index contributed by atoms with van der Waals surface area (Å²) in [6.07, 6.45) is 1.19. The maximum Gasteiger partial charge on any atom is 0.0441 e. The minimum atomic E-state index is 0.597. The number of benzene rings is 2. The molecule has 0 aromatic heterocycles. The molecule has 2 heteroatoms. The highest BCUT2D eigenvalue weighted by Gasteiger charge is 2.32. The topological polar surface area (TPSA) is 3.24 Å². The van der Waals surface area contributed by atoms with E-state index >= 15 is 0 Å². The third-order valence-corrected chi connectivity index (χ3v) is 6.36. The zero-order valence-corrected chi connectivity index (χ0v) is 14.9. The monoisotopic (exact) mass is 321 g/mol. The van der Waals surface area contributed by atoms with Gasteiger partial charge in [0, 0.05) is 23.2 Å². The molecule has 2 heterocycles. The van der Waals surface area contributed by atoms with Gasteiger partial charge in [-0.25, -0.2) is 0 Å². The summed E-state index contributed by atoms with van der Waals surface area (Å²) in [6, 6.07) is 15.8. The Bertz CT molecular complexity index is 790. The third kappa shape index (κ3) is 2.64. The van der Waals surface area contributed by atoms with E-state index in [2.05, 4.69) is 80.0 Å². The SMILES string of the molecule is Cc1ccc(C2=C3CCN(C)CC3Sc3ccccc32)c(C)c1. The number of hydrogen-bond acceptors (Lipinski definition) is 2. The van der Waals surface area contributed by atoms with Crippen LogP contribution >= 0.6 is 11.8 Å². The summed E-state index contributed by atoms with van der Waals surface area (Å²) < 4.78 is 0. The van der Waals surface area contributed by atoms with E-state index in [4.69, 9.17) is 0 Å². The average molecular weight is 321 g/mol. The Balaban J connectivity index is 1.95. The number of hydrogen-bond donors (Lipinski definition) is 0. The van der Waals surface area contributed by atoms with E-state index in [1.54, 1.807) is 5.57 Å². The van der Waals surface area contributed by atoms with Crippen LogP contribution in [0.15, 0.2) is 52.9 Å². The molecule has 0 amide bonds. The molecule has 1 saturated heterocycles. The van der Waals surface area contributed by atoms with Crippen molar-refractivity contribution in [3.05, 3.63) is 70.3 Å². The second kappa shape index (κ2) is 5.85. The Labute approximate surface area is 143 Å². The van der Waals surface area contributed by atoms with Crippen molar-refractivity contribution >= 4 is 17.3 Å². The summed E-state index contributed by atoms with van der Waals surface area (Å²) in [5.74, 6) is 0. The first kappa shape index (κ1) is 15.0. The van der Waals surface area contributed by atoms with Crippen LogP contribution in [0.25, 0.3) is 5.57 Å². The zero-order chi connectivity index (χ0) is 16.0. The lowest BCUT2D eigenvalue weighted by molar-refractivity contribution is 0.317. The first-order valence-electron chi connectivity index (χ1n) is 8.39. The van der Waals surface area contributed by atoms with Crippen LogP contribution in [0.2, 0.25) is 0 Å². The Hall–Kier alpha value is -1.51. The molecular weight excluding hydrogens is 298 g/mol. The zero-order valence-electron chi connectivity index (χ0n) is 14.1. The molecule has 2 aromatic carbocycles. The fourth-order valence-electron chi connectivity index (χ4n) is 3.87. The molecule has 0 bridgehead atoms. The molecule has 0 N–H and O–H groups in total. The van der Waals surface area contributed by atoms with Gasteiger partial charge >= 0.3 is 0 Å². The van der Waals surface area contributed by atoms with E-state index < -0.39 is 0 Å². The molecule has 118 valence electrons. The molecule has 1 fully saturated rings. The number of likely N-dealkylation sites (tertiary alicyclic amines) is 1. The van der Waals surface area contributed by atoms with Crippen LogP contribution in [0.1, 0.15) is 28.7 Å². The van der Waals surface area contributed by atoms with Gasteiger partial charge in [0.15, 0.2) is 0 Å². The van der Waals surface area contributed by atoms with Crippen molar-refractivity contribution in [3.63, 3.8) is 0 Å². The van der Waals surface area contributed by atoms with E-state index in [1.807, 2.05) is 0 Å². The molecule has 0 saturated carbocycles. The molecule has 1 unspecified atom stereocenters. The predicted molar refractivity (Wildman–Crippen MR) is 100 cm³/mol. The highest BCUT2D eigenvalue weighted by atomic mass is 32.2. The van der Waals surface area contributed by atoms with Gasteiger partial charge in [-0.15, -0.1) is 11.8 Å².